The lowest BCUT2D eigenvalue weighted by Gasteiger charge is -2.57. The van der Waals surface area contributed by atoms with E-state index >= 15 is 0 Å². The molecule has 0 saturated heterocycles. The van der Waals surface area contributed by atoms with Gasteiger partial charge in [-0.2, -0.15) is 0 Å². The van der Waals surface area contributed by atoms with E-state index in [2.05, 4.69) is 19.1 Å². The van der Waals surface area contributed by atoms with Crippen molar-refractivity contribution in [3.8, 4) is 0 Å². The molecule has 0 amide bonds. The first-order chi connectivity index (χ1) is 11.6. The Labute approximate surface area is 146 Å². The summed E-state index contributed by atoms with van der Waals surface area (Å²) in [6.07, 6.45) is 12.0. The van der Waals surface area contributed by atoms with Crippen molar-refractivity contribution >= 4 is 5.97 Å². The molecule has 24 heavy (non-hydrogen) atoms. The quantitative estimate of drug-likeness (QED) is 0.688. The van der Waals surface area contributed by atoms with Gasteiger partial charge in [0.2, 0.25) is 0 Å². The van der Waals surface area contributed by atoms with Crippen LogP contribution in [0.2, 0.25) is 0 Å². The van der Waals surface area contributed by atoms with E-state index in [1.54, 1.807) is 0 Å². The molecule has 130 valence electrons. The number of esters is 1. The Hall–Kier alpha value is -1.31. The van der Waals surface area contributed by atoms with Crippen LogP contribution < -0.4 is 0 Å². The van der Waals surface area contributed by atoms with Crippen molar-refractivity contribution in [1.82, 2.24) is 0 Å². The van der Waals surface area contributed by atoms with E-state index in [0.29, 0.717) is 5.41 Å². The van der Waals surface area contributed by atoms with Gasteiger partial charge in [0.15, 0.2) is 0 Å². The molecule has 0 radical (unpaired) electrons. The van der Waals surface area contributed by atoms with Gasteiger partial charge < -0.3 is 4.74 Å². The van der Waals surface area contributed by atoms with Crippen molar-refractivity contribution < 1.29 is 9.53 Å². The summed E-state index contributed by atoms with van der Waals surface area (Å²) in [5.41, 5.74) is 4.08. The molecule has 0 unspecified atom stereocenters. The average molecular weight is 326 g/mol. The molecule has 0 heterocycles. The summed E-state index contributed by atoms with van der Waals surface area (Å²) in [5, 5.41) is 0. The topological polar surface area (TPSA) is 26.3 Å². The Balaban J connectivity index is 1.75. The molecule has 4 fully saturated rings. The largest absolute Gasteiger partial charge is 0.465 e. The van der Waals surface area contributed by atoms with Crippen LogP contribution in [0.25, 0.3) is 0 Å². The second kappa shape index (κ2) is 6.20. The predicted octanol–water partition coefficient (Wildman–Crippen LogP) is 5.28. The number of methoxy groups -OCH3 is 1. The van der Waals surface area contributed by atoms with Crippen LogP contribution in [-0.4, -0.2) is 13.1 Å². The molecule has 0 spiro atoms. The maximum atomic E-state index is 12.1. The number of rotatable bonds is 5. The molecular formula is C22H30O2. The highest BCUT2D eigenvalue weighted by Gasteiger charge is 2.52. The summed E-state index contributed by atoms with van der Waals surface area (Å²) < 4.78 is 4.99. The highest BCUT2D eigenvalue weighted by Crippen LogP contribution is 2.61. The van der Waals surface area contributed by atoms with Gasteiger partial charge >= 0.3 is 5.97 Å². The Morgan fingerprint density at radius 1 is 1.12 bits per heavy atom. The molecule has 0 atom stereocenters. The van der Waals surface area contributed by atoms with Crippen molar-refractivity contribution in [3.63, 3.8) is 0 Å². The molecular weight excluding hydrogens is 296 g/mol. The highest BCUT2D eigenvalue weighted by molar-refractivity contribution is 5.89. The molecule has 4 aliphatic carbocycles. The second-order valence-electron chi connectivity index (χ2n) is 8.66. The number of ether oxygens (including phenoxy) is 1. The summed E-state index contributed by atoms with van der Waals surface area (Å²) >= 11 is 0. The van der Waals surface area contributed by atoms with Crippen molar-refractivity contribution in [1.29, 1.82) is 0 Å². The summed E-state index contributed by atoms with van der Waals surface area (Å²) in [6, 6.07) is 6.39. The number of benzene rings is 1. The van der Waals surface area contributed by atoms with E-state index in [0.717, 1.165) is 29.7 Å². The lowest BCUT2D eigenvalue weighted by molar-refractivity contribution is -0.00562. The third-order valence-corrected chi connectivity index (χ3v) is 6.94. The Morgan fingerprint density at radius 2 is 1.75 bits per heavy atom. The van der Waals surface area contributed by atoms with Gasteiger partial charge in [0.05, 0.1) is 12.7 Å². The van der Waals surface area contributed by atoms with Gasteiger partial charge in [0.25, 0.3) is 0 Å². The Bertz CT molecular complexity index is 596. The van der Waals surface area contributed by atoms with Gasteiger partial charge in [0.1, 0.15) is 0 Å². The Morgan fingerprint density at radius 3 is 2.29 bits per heavy atom. The molecule has 0 N–H and O–H groups in total. The van der Waals surface area contributed by atoms with Gasteiger partial charge in [-0.3, -0.25) is 0 Å². The second-order valence-corrected chi connectivity index (χ2v) is 8.66. The van der Waals surface area contributed by atoms with Crippen LogP contribution in [0.4, 0.5) is 0 Å². The number of aryl methyl sites for hydroxylation is 1. The fourth-order valence-electron chi connectivity index (χ4n) is 6.34. The molecule has 0 aromatic heterocycles. The zero-order valence-corrected chi connectivity index (χ0v) is 15.1. The zero-order chi connectivity index (χ0) is 16.7. The van der Waals surface area contributed by atoms with Crippen LogP contribution in [0.15, 0.2) is 18.2 Å². The third-order valence-electron chi connectivity index (χ3n) is 6.94. The van der Waals surface area contributed by atoms with Crippen molar-refractivity contribution in [2.24, 2.45) is 17.8 Å². The average Bonchev–Trinajstić information content (AvgIpc) is 2.58. The molecule has 0 aliphatic heterocycles. The molecule has 5 rings (SSSR count). The minimum Gasteiger partial charge on any atom is -0.465 e. The maximum absolute atomic E-state index is 12.1. The van der Waals surface area contributed by atoms with E-state index in [9.17, 15) is 4.79 Å². The lowest BCUT2D eigenvalue weighted by Crippen LogP contribution is -2.49. The lowest BCUT2D eigenvalue weighted by atomic mass is 9.47. The fraction of sp³-hybridized carbons (Fsp3) is 0.682. The van der Waals surface area contributed by atoms with Crippen molar-refractivity contribution in [2.75, 3.05) is 7.11 Å². The smallest absolute Gasteiger partial charge is 0.337 e. The first kappa shape index (κ1) is 16.2. The van der Waals surface area contributed by atoms with Crippen LogP contribution in [0.1, 0.15) is 79.8 Å². The summed E-state index contributed by atoms with van der Waals surface area (Å²) in [7, 11) is 1.48. The molecule has 2 nitrogen and oxygen atoms in total. The van der Waals surface area contributed by atoms with Crippen LogP contribution in [0.5, 0.6) is 0 Å². The standard InChI is InChI=1S/C22H30O2/c1-3-4-5-18-6-7-19(21(23)24-2)11-20(18)22-12-15-8-16(13-22)10-17(9-15)14-22/h6-7,11,15-17H,3-5,8-10,12-14H2,1-2H3. The number of hydrogen-bond donors (Lipinski definition) is 0. The molecule has 2 heteroatoms. The molecule has 1 aromatic rings. The van der Waals surface area contributed by atoms with Crippen LogP contribution in [0.3, 0.4) is 0 Å². The predicted molar refractivity (Wildman–Crippen MR) is 96.2 cm³/mol. The maximum Gasteiger partial charge on any atom is 0.337 e. The van der Waals surface area contributed by atoms with Gasteiger partial charge in [-0.05, 0) is 97.8 Å². The SMILES string of the molecule is CCCCc1ccc(C(=O)OC)cc1C12CC3CC(CC(C3)C1)C2. The summed E-state index contributed by atoms with van der Waals surface area (Å²) in [5.74, 6) is 2.59. The van der Waals surface area contributed by atoms with E-state index in [-0.39, 0.29) is 5.97 Å². The number of hydrogen-bond acceptors (Lipinski definition) is 2. The zero-order valence-electron chi connectivity index (χ0n) is 15.1. The fourth-order valence-corrected chi connectivity index (χ4v) is 6.34. The Kier molecular flexibility index (Phi) is 4.18. The van der Waals surface area contributed by atoms with Gasteiger partial charge in [0, 0.05) is 0 Å². The minimum atomic E-state index is -0.192. The van der Waals surface area contributed by atoms with Gasteiger partial charge in [-0.15, -0.1) is 0 Å². The third kappa shape index (κ3) is 2.68. The van der Waals surface area contributed by atoms with Crippen LogP contribution >= 0.6 is 0 Å². The number of unbranched alkanes of at least 4 members (excludes halogenated alkanes) is 1. The molecule has 4 aliphatic rings. The van der Waals surface area contributed by atoms with Gasteiger partial charge in [-0.1, -0.05) is 19.4 Å². The first-order valence-electron chi connectivity index (χ1n) is 9.85. The van der Waals surface area contributed by atoms with Crippen molar-refractivity contribution in [2.45, 2.75) is 70.1 Å². The number of carbonyl (C=O) groups excluding carboxylic acids is 1. The molecule has 4 bridgehead atoms. The normalized spacial score (nSPS) is 33.7. The number of carbonyl (C=O) groups is 1. The molecule has 4 saturated carbocycles. The van der Waals surface area contributed by atoms with E-state index in [1.165, 1.54) is 69.6 Å². The highest BCUT2D eigenvalue weighted by atomic mass is 16.5. The van der Waals surface area contributed by atoms with E-state index in [4.69, 9.17) is 4.74 Å². The van der Waals surface area contributed by atoms with Crippen LogP contribution in [0, 0.1) is 17.8 Å². The van der Waals surface area contributed by atoms with Gasteiger partial charge in [-0.25, -0.2) is 4.79 Å². The summed E-state index contributed by atoms with van der Waals surface area (Å²) in [4.78, 5) is 12.1. The summed E-state index contributed by atoms with van der Waals surface area (Å²) in [6.45, 7) is 2.26. The van der Waals surface area contributed by atoms with E-state index in [1.807, 2.05) is 6.07 Å². The minimum absolute atomic E-state index is 0.192. The first-order valence-corrected chi connectivity index (χ1v) is 9.85. The molecule has 1 aromatic carbocycles. The van der Waals surface area contributed by atoms with Crippen LogP contribution in [-0.2, 0) is 16.6 Å². The monoisotopic (exact) mass is 326 g/mol. The van der Waals surface area contributed by atoms with Crippen molar-refractivity contribution in [3.05, 3.63) is 34.9 Å². The van der Waals surface area contributed by atoms with E-state index < -0.39 is 0 Å².